The standard InChI is InChI=1S/C15H17FN4O/c1-11-7-10-19-15(20-11)18-9-2-8-17-14(21)12-3-5-13(16)6-4-12/h3-7,10H,2,8-9H2,1H3,(H,17,21)(H,18,19,20). The van der Waals surface area contributed by atoms with E-state index >= 15 is 0 Å². The van der Waals surface area contributed by atoms with Crippen LogP contribution in [-0.2, 0) is 0 Å². The molecule has 0 spiro atoms. The average Bonchev–Trinajstić information content (AvgIpc) is 2.47. The van der Waals surface area contributed by atoms with Crippen LogP contribution in [0, 0.1) is 12.7 Å². The van der Waals surface area contributed by atoms with Gasteiger partial charge in [0.1, 0.15) is 5.82 Å². The number of nitrogens with zero attached hydrogens (tertiary/aromatic N) is 2. The van der Waals surface area contributed by atoms with Crippen LogP contribution < -0.4 is 10.6 Å². The van der Waals surface area contributed by atoms with Crippen LogP contribution in [0.25, 0.3) is 0 Å². The third kappa shape index (κ3) is 4.83. The first-order valence-corrected chi connectivity index (χ1v) is 6.72. The van der Waals surface area contributed by atoms with E-state index in [9.17, 15) is 9.18 Å². The fraction of sp³-hybridized carbons (Fsp3) is 0.267. The number of aryl methyl sites for hydroxylation is 1. The van der Waals surface area contributed by atoms with E-state index in [0.29, 0.717) is 24.6 Å². The van der Waals surface area contributed by atoms with Crippen molar-refractivity contribution in [1.29, 1.82) is 0 Å². The molecule has 0 aliphatic rings. The zero-order valence-corrected chi connectivity index (χ0v) is 11.8. The molecule has 0 saturated carbocycles. The van der Waals surface area contributed by atoms with Crippen LogP contribution in [0.4, 0.5) is 10.3 Å². The summed E-state index contributed by atoms with van der Waals surface area (Å²) < 4.78 is 12.7. The number of nitrogens with one attached hydrogen (secondary N) is 2. The van der Waals surface area contributed by atoms with Gasteiger partial charge in [-0.05, 0) is 43.7 Å². The number of aromatic nitrogens is 2. The second-order valence-corrected chi connectivity index (χ2v) is 4.56. The van der Waals surface area contributed by atoms with E-state index < -0.39 is 0 Å². The maximum Gasteiger partial charge on any atom is 0.251 e. The first kappa shape index (κ1) is 14.9. The lowest BCUT2D eigenvalue weighted by atomic mass is 10.2. The van der Waals surface area contributed by atoms with Crippen molar-refractivity contribution in [3.8, 4) is 0 Å². The Morgan fingerprint density at radius 1 is 1.19 bits per heavy atom. The summed E-state index contributed by atoms with van der Waals surface area (Å²) in [6.07, 6.45) is 2.44. The first-order chi connectivity index (χ1) is 10.1. The van der Waals surface area contributed by atoms with Gasteiger partial charge in [-0.2, -0.15) is 0 Å². The molecule has 0 radical (unpaired) electrons. The number of rotatable bonds is 6. The van der Waals surface area contributed by atoms with Crippen LogP contribution in [-0.4, -0.2) is 29.0 Å². The van der Waals surface area contributed by atoms with Gasteiger partial charge in [-0.25, -0.2) is 14.4 Å². The van der Waals surface area contributed by atoms with Crippen molar-refractivity contribution in [2.24, 2.45) is 0 Å². The van der Waals surface area contributed by atoms with Crippen molar-refractivity contribution in [3.05, 3.63) is 53.6 Å². The second-order valence-electron chi connectivity index (χ2n) is 4.56. The van der Waals surface area contributed by atoms with Gasteiger partial charge in [-0.15, -0.1) is 0 Å². The van der Waals surface area contributed by atoms with Crippen molar-refractivity contribution in [3.63, 3.8) is 0 Å². The highest BCUT2D eigenvalue weighted by atomic mass is 19.1. The molecule has 0 atom stereocenters. The van der Waals surface area contributed by atoms with Gasteiger partial charge in [0.25, 0.3) is 5.91 Å². The monoisotopic (exact) mass is 288 g/mol. The predicted molar refractivity (Wildman–Crippen MR) is 78.6 cm³/mol. The fourth-order valence-electron chi connectivity index (χ4n) is 1.73. The van der Waals surface area contributed by atoms with Gasteiger partial charge in [0.05, 0.1) is 0 Å². The summed E-state index contributed by atoms with van der Waals surface area (Å²) in [5.41, 5.74) is 1.35. The van der Waals surface area contributed by atoms with Gasteiger partial charge >= 0.3 is 0 Å². The lowest BCUT2D eigenvalue weighted by Gasteiger charge is -2.07. The van der Waals surface area contributed by atoms with Gasteiger partial charge in [0, 0.05) is 30.5 Å². The van der Waals surface area contributed by atoms with Crippen molar-refractivity contribution < 1.29 is 9.18 Å². The SMILES string of the molecule is Cc1ccnc(NCCCNC(=O)c2ccc(F)cc2)n1. The summed E-state index contributed by atoms with van der Waals surface area (Å²) in [7, 11) is 0. The molecule has 0 bridgehead atoms. The Morgan fingerprint density at radius 2 is 1.95 bits per heavy atom. The predicted octanol–water partition coefficient (Wildman–Crippen LogP) is 2.16. The van der Waals surface area contributed by atoms with Gasteiger partial charge in [-0.1, -0.05) is 0 Å². The number of carbonyl (C=O) groups is 1. The summed E-state index contributed by atoms with van der Waals surface area (Å²) in [4.78, 5) is 20.1. The normalized spacial score (nSPS) is 10.2. The van der Waals surface area contributed by atoms with E-state index in [-0.39, 0.29) is 11.7 Å². The highest BCUT2D eigenvalue weighted by molar-refractivity contribution is 5.94. The Balaban J connectivity index is 1.68. The van der Waals surface area contributed by atoms with Crippen LogP contribution in [0.2, 0.25) is 0 Å². The molecule has 110 valence electrons. The van der Waals surface area contributed by atoms with Crippen molar-refractivity contribution >= 4 is 11.9 Å². The summed E-state index contributed by atoms with van der Waals surface area (Å²) in [5.74, 6) is 0.0237. The lowest BCUT2D eigenvalue weighted by Crippen LogP contribution is -2.25. The lowest BCUT2D eigenvalue weighted by molar-refractivity contribution is 0.0953. The Morgan fingerprint density at radius 3 is 2.67 bits per heavy atom. The quantitative estimate of drug-likeness (QED) is 0.799. The van der Waals surface area contributed by atoms with Crippen LogP contribution in [0.15, 0.2) is 36.5 Å². The maximum absolute atomic E-state index is 12.7. The zero-order chi connectivity index (χ0) is 15.1. The van der Waals surface area contributed by atoms with E-state index in [0.717, 1.165) is 12.1 Å². The summed E-state index contributed by atoms with van der Waals surface area (Å²) in [5, 5.41) is 5.86. The molecule has 0 fully saturated rings. The van der Waals surface area contributed by atoms with Crippen LogP contribution in [0.1, 0.15) is 22.5 Å². The topological polar surface area (TPSA) is 66.9 Å². The molecular formula is C15H17FN4O. The molecule has 1 aromatic heterocycles. The van der Waals surface area contributed by atoms with Gasteiger partial charge in [0.15, 0.2) is 0 Å². The van der Waals surface area contributed by atoms with Crippen molar-refractivity contribution in [2.45, 2.75) is 13.3 Å². The van der Waals surface area contributed by atoms with Gasteiger partial charge in [0.2, 0.25) is 5.95 Å². The van der Waals surface area contributed by atoms with Crippen molar-refractivity contribution in [1.82, 2.24) is 15.3 Å². The van der Waals surface area contributed by atoms with Gasteiger partial charge < -0.3 is 10.6 Å². The third-order valence-corrected chi connectivity index (χ3v) is 2.82. The summed E-state index contributed by atoms with van der Waals surface area (Å²) in [6, 6.07) is 7.29. The number of amides is 1. The van der Waals surface area contributed by atoms with E-state index in [1.807, 2.05) is 13.0 Å². The molecule has 2 rings (SSSR count). The minimum absolute atomic E-state index is 0.207. The number of hydrogen-bond donors (Lipinski definition) is 2. The van der Waals surface area contributed by atoms with Crippen LogP contribution in [0.5, 0.6) is 0 Å². The van der Waals surface area contributed by atoms with Gasteiger partial charge in [-0.3, -0.25) is 4.79 Å². The molecule has 0 aliphatic heterocycles. The maximum atomic E-state index is 12.7. The number of benzene rings is 1. The smallest absolute Gasteiger partial charge is 0.251 e. The van der Waals surface area contributed by atoms with Crippen molar-refractivity contribution in [2.75, 3.05) is 18.4 Å². The Kier molecular flexibility index (Phi) is 5.20. The summed E-state index contributed by atoms with van der Waals surface area (Å²) >= 11 is 0. The number of hydrogen-bond acceptors (Lipinski definition) is 4. The molecule has 5 nitrogen and oxygen atoms in total. The number of halogens is 1. The molecule has 0 aliphatic carbocycles. The zero-order valence-electron chi connectivity index (χ0n) is 11.8. The minimum Gasteiger partial charge on any atom is -0.354 e. The average molecular weight is 288 g/mol. The molecule has 2 aromatic rings. The molecular weight excluding hydrogens is 271 g/mol. The molecule has 6 heteroatoms. The largest absolute Gasteiger partial charge is 0.354 e. The van der Waals surface area contributed by atoms with E-state index in [1.54, 1.807) is 6.20 Å². The number of anilines is 1. The molecule has 1 aromatic carbocycles. The van der Waals surface area contributed by atoms with E-state index in [1.165, 1.54) is 24.3 Å². The highest BCUT2D eigenvalue weighted by Crippen LogP contribution is 2.02. The summed E-state index contributed by atoms with van der Waals surface area (Å²) in [6.45, 7) is 3.08. The Bertz CT molecular complexity index is 601. The second kappa shape index (κ2) is 7.33. The Labute approximate surface area is 122 Å². The number of carbonyl (C=O) groups excluding carboxylic acids is 1. The molecule has 0 saturated heterocycles. The molecule has 2 N–H and O–H groups in total. The minimum atomic E-state index is -0.353. The molecule has 1 heterocycles. The van der Waals surface area contributed by atoms with E-state index in [2.05, 4.69) is 20.6 Å². The molecule has 21 heavy (non-hydrogen) atoms. The van der Waals surface area contributed by atoms with Crippen LogP contribution >= 0.6 is 0 Å². The Hall–Kier alpha value is -2.50. The molecule has 1 amide bonds. The highest BCUT2D eigenvalue weighted by Gasteiger charge is 2.04. The molecule has 0 unspecified atom stereocenters. The third-order valence-electron chi connectivity index (χ3n) is 2.82. The van der Waals surface area contributed by atoms with Crippen LogP contribution in [0.3, 0.4) is 0 Å². The van der Waals surface area contributed by atoms with E-state index in [4.69, 9.17) is 0 Å². The fourth-order valence-corrected chi connectivity index (χ4v) is 1.73. The first-order valence-electron chi connectivity index (χ1n) is 6.72.